The molecule has 1 aliphatic carbocycles. The lowest BCUT2D eigenvalue weighted by Gasteiger charge is -2.27. The summed E-state index contributed by atoms with van der Waals surface area (Å²) in [5, 5.41) is 0. The van der Waals surface area contributed by atoms with Gasteiger partial charge in [-0.25, -0.2) is 0 Å². The van der Waals surface area contributed by atoms with Crippen molar-refractivity contribution in [1.29, 1.82) is 0 Å². The van der Waals surface area contributed by atoms with Crippen LogP contribution in [0.15, 0.2) is 0 Å². The molecule has 0 radical (unpaired) electrons. The third-order valence-electron chi connectivity index (χ3n) is 3.46. The van der Waals surface area contributed by atoms with Gasteiger partial charge < -0.3 is 10.6 Å². The smallest absolute Gasteiger partial charge is 0.0196 e. The van der Waals surface area contributed by atoms with Crippen molar-refractivity contribution in [1.82, 2.24) is 4.90 Å². The molecule has 1 rings (SSSR count). The molecule has 0 aliphatic heterocycles. The fourth-order valence-corrected chi connectivity index (χ4v) is 2.53. The third kappa shape index (κ3) is 3.58. The van der Waals surface area contributed by atoms with E-state index in [0.29, 0.717) is 6.04 Å². The molecule has 0 saturated heterocycles. The predicted molar refractivity (Wildman–Crippen MR) is 62.3 cm³/mol. The van der Waals surface area contributed by atoms with E-state index in [9.17, 15) is 0 Å². The van der Waals surface area contributed by atoms with Gasteiger partial charge in [0.2, 0.25) is 0 Å². The quantitative estimate of drug-likeness (QED) is 0.709. The predicted octanol–water partition coefficient (Wildman–Crippen LogP) is 2.24. The summed E-state index contributed by atoms with van der Waals surface area (Å²) in [5.41, 5.74) is 6.24. The second-order valence-electron chi connectivity index (χ2n) is 4.60. The van der Waals surface area contributed by atoms with Crippen LogP contribution in [0, 0.1) is 5.92 Å². The average molecular weight is 198 g/mol. The maximum atomic E-state index is 6.24. The van der Waals surface area contributed by atoms with Crippen molar-refractivity contribution in [2.75, 3.05) is 19.6 Å². The minimum atomic E-state index is 0.420. The minimum Gasteiger partial charge on any atom is -0.326 e. The molecular formula is C12H26N2. The topological polar surface area (TPSA) is 29.3 Å². The molecule has 1 saturated carbocycles. The number of rotatable bonds is 6. The van der Waals surface area contributed by atoms with Crippen LogP contribution in [0.4, 0.5) is 0 Å². The van der Waals surface area contributed by atoms with Crippen LogP contribution in [0.1, 0.15) is 46.0 Å². The molecule has 84 valence electrons. The Labute approximate surface area is 88.8 Å². The highest BCUT2D eigenvalue weighted by Crippen LogP contribution is 2.27. The molecule has 1 fully saturated rings. The average Bonchev–Trinajstić information content (AvgIpc) is 2.69. The van der Waals surface area contributed by atoms with E-state index in [4.69, 9.17) is 5.73 Å². The molecule has 1 unspecified atom stereocenters. The Balaban J connectivity index is 2.25. The molecule has 0 aromatic rings. The molecule has 1 aliphatic rings. The Bertz CT molecular complexity index is 141. The molecule has 1 atom stereocenters. The summed E-state index contributed by atoms with van der Waals surface area (Å²) in [6.45, 7) is 7.93. The first-order chi connectivity index (χ1) is 6.77. The van der Waals surface area contributed by atoms with E-state index >= 15 is 0 Å². The summed E-state index contributed by atoms with van der Waals surface area (Å²) in [6, 6.07) is 0.420. The molecule has 0 spiro atoms. The molecule has 0 aromatic carbocycles. The van der Waals surface area contributed by atoms with Gasteiger partial charge >= 0.3 is 0 Å². The number of hydrogen-bond donors (Lipinski definition) is 1. The largest absolute Gasteiger partial charge is 0.326 e. The van der Waals surface area contributed by atoms with Crippen molar-refractivity contribution in [3.05, 3.63) is 0 Å². The van der Waals surface area contributed by atoms with Crippen LogP contribution >= 0.6 is 0 Å². The maximum absolute atomic E-state index is 6.24. The van der Waals surface area contributed by atoms with Crippen LogP contribution in [-0.2, 0) is 0 Å². The Hall–Kier alpha value is -0.0800. The first-order valence-corrected chi connectivity index (χ1v) is 6.25. The van der Waals surface area contributed by atoms with Crippen molar-refractivity contribution < 1.29 is 0 Å². The van der Waals surface area contributed by atoms with Gasteiger partial charge in [0.15, 0.2) is 0 Å². The van der Waals surface area contributed by atoms with Crippen LogP contribution in [0.5, 0.6) is 0 Å². The zero-order valence-corrected chi connectivity index (χ0v) is 9.84. The van der Waals surface area contributed by atoms with Gasteiger partial charge in [-0.1, -0.05) is 26.7 Å². The number of nitrogens with two attached hydrogens (primary N) is 1. The number of nitrogens with zero attached hydrogens (tertiary/aromatic N) is 1. The van der Waals surface area contributed by atoms with E-state index in [2.05, 4.69) is 18.7 Å². The first-order valence-electron chi connectivity index (χ1n) is 6.25. The fraction of sp³-hybridized carbons (Fsp3) is 1.00. The SMILES string of the molecule is CCCN(CC)CC(N)C1CCCC1. The second-order valence-corrected chi connectivity index (χ2v) is 4.60. The minimum absolute atomic E-state index is 0.420. The summed E-state index contributed by atoms with van der Waals surface area (Å²) in [6.07, 6.45) is 6.78. The van der Waals surface area contributed by atoms with E-state index in [1.165, 1.54) is 38.6 Å². The Morgan fingerprint density at radius 1 is 1.29 bits per heavy atom. The summed E-state index contributed by atoms with van der Waals surface area (Å²) >= 11 is 0. The normalized spacial score (nSPS) is 20.6. The lowest BCUT2D eigenvalue weighted by Crippen LogP contribution is -2.41. The lowest BCUT2D eigenvalue weighted by molar-refractivity contribution is 0.240. The summed E-state index contributed by atoms with van der Waals surface area (Å²) < 4.78 is 0. The molecule has 2 heteroatoms. The van der Waals surface area contributed by atoms with Crippen LogP contribution in [0.2, 0.25) is 0 Å². The number of likely N-dealkylation sites (N-methyl/N-ethyl adjacent to an activating group) is 1. The monoisotopic (exact) mass is 198 g/mol. The summed E-state index contributed by atoms with van der Waals surface area (Å²) in [7, 11) is 0. The van der Waals surface area contributed by atoms with Crippen molar-refractivity contribution in [3.63, 3.8) is 0 Å². The van der Waals surface area contributed by atoms with Gasteiger partial charge in [-0.3, -0.25) is 0 Å². The van der Waals surface area contributed by atoms with E-state index in [1.54, 1.807) is 0 Å². The van der Waals surface area contributed by atoms with E-state index in [-0.39, 0.29) is 0 Å². The van der Waals surface area contributed by atoms with E-state index < -0.39 is 0 Å². The summed E-state index contributed by atoms with van der Waals surface area (Å²) in [4.78, 5) is 2.49. The lowest BCUT2D eigenvalue weighted by atomic mass is 9.98. The zero-order chi connectivity index (χ0) is 10.4. The highest BCUT2D eigenvalue weighted by atomic mass is 15.1. The van der Waals surface area contributed by atoms with Gasteiger partial charge in [-0.05, 0) is 38.3 Å². The summed E-state index contributed by atoms with van der Waals surface area (Å²) in [5.74, 6) is 0.806. The molecule has 2 N–H and O–H groups in total. The highest BCUT2D eigenvalue weighted by molar-refractivity contribution is 4.80. The first kappa shape index (κ1) is 12.0. The van der Waals surface area contributed by atoms with Gasteiger partial charge in [0.25, 0.3) is 0 Å². The molecule has 0 aromatic heterocycles. The third-order valence-corrected chi connectivity index (χ3v) is 3.46. The van der Waals surface area contributed by atoms with Crippen LogP contribution in [0.3, 0.4) is 0 Å². The molecule has 2 nitrogen and oxygen atoms in total. The van der Waals surface area contributed by atoms with Gasteiger partial charge in [0.1, 0.15) is 0 Å². The Morgan fingerprint density at radius 3 is 2.43 bits per heavy atom. The zero-order valence-electron chi connectivity index (χ0n) is 9.84. The van der Waals surface area contributed by atoms with Crippen molar-refractivity contribution in [3.8, 4) is 0 Å². The Kier molecular flexibility index (Phi) is 5.49. The molecule has 0 amide bonds. The van der Waals surface area contributed by atoms with E-state index in [0.717, 1.165) is 19.0 Å². The molecule has 0 bridgehead atoms. The Morgan fingerprint density at radius 2 is 1.93 bits per heavy atom. The maximum Gasteiger partial charge on any atom is 0.0196 e. The van der Waals surface area contributed by atoms with Gasteiger partial charge in [0, 0.05) is 12.6 Å². The van der Waals surface area contributed by atoms with Crippen LogP contribution in [0.25, 0.3) is 0 Å². The van der Waals surface area contributed by atoms with Crippen molar-refractivity contribution in [2.24, 2.45) is 11.7 Å². The highest BCUT2D eigenvalue weighted by Gasteiger charge is 2.22. The molecule has 0 heterocycles. The van der Waals surface area contributed by atoms with Gasteiger partial charge in [-0.15, -0.1) is 0 Å². The standard InChI is InChI=1S/C12H26N2/c1-3-9-14(4-2)10-12(13)11-7-5-6-8-11/h11-12H,3-10,13H2,1-2H3. The van der Waals surface area contributed by atoms with Crippen LogP contribution in [-0.4, -0.2) is 30.6 Å². The van der Waals surface area contributed by atoms with E-state index in [1.807, 2.05) is 0 Å². The van der Waals surface area contributed by atoms with Crippen molar-refractivity contribution >= 4 is 0 Å². The fourth-order valence-electron chi connectivity index (χ4n) is 2.53. The second kappa shape index (κ2) is 6.41. The van der Waals surface area contributed by atoms with Gasteiger partial charge in [-0.2, -0.15) is 0 Å². The molecular weight excluding hydrogens is 172 g/mol. The number of hydrogen-bond acceptors (Lipinski definition) is 2. The molecule has 14 heavy (non-hydrogen) atoms. The van der Waals surface area contributed by atoms with Gasteiger partial charge in [0.05, 0.1) is 0 Å². The van der Waals surface area contributed by atoms with Crippen LogP contribution < -0.4 is 5.73 Å². The van der Waals surface area contributed by atoms with Crippen molar-refractivity contribution in [2.45, 2.75) is 52.0 Å².